The lowest BCUT2D eigenvalue weighted by molar-refractivity contribution is 0.0821. The first-order chi connectivity index (χ1) is 14.1. The van der Waals surface area contributed by atoms with Crippen LogP contribution >= 0.6 is 0 Å². The van der Waals surface area contributed by atoms with Crippen molar-refractivity contribution >= 4 is 34.1 Å². The molecular weight excluding hydrogens is 372 g/mol. The minimum absolute atomic E-state index is 0.169. The second kappa shape index (κ2) is 6.78. The first-order valence-electron chi connectivity index (χ1n) is 9.31. The van der Waals surface area contributed by atoms with Crippen molar-refractivity contribution in [3.05, 3.63) is 47.8 Å². The lowest BCUT2D eigenvalue weighted by Gasteiger charge is -2.16. The molecule has 29 heavy (non-hydrogen) atoms. The van der Waals surface area contributed by atoms with E-state index in [-0.39, 0.29) is 11.9 Å². The predicted molar refractivity (Wildman–Crippen MR) is 108 cm³/mol. The van der Waals surface area contributed by atoms with Gasteiger partial charge in [-0.25, -0.2) is 4.98 Å². The fourth-order valence-corrected chi connectivity index (χ4v) is 3.53. The largest absolute Gasteiger partial charge is 0.497 e. The fraction of sp³-hybridized carbons (Fsp3) is 0.250. The van der Waals surface area contributed by atoms with Gasteiger partial charge in [0.1, 0.15) is 22.8 Å². The summed E-state index contributed by atoms with van der Waals surface area (Å²) in [5.74, 6) is 1.10. The highest BCUT2D eigenvalue weighted by molar-refractivity contribution is 6.02. The van der Waals surface area contributed by atoms with Gasteiger partial charge in [-0.3, -0.25) is 4.79 Å². The average molecular weight is 392 g/mol. The summed E-state index contributed by atoms with van der Waals surface area (Å²) in [5.41, 5.74) is 3.40. The van der Waals surface area contributed by atoms with Crippen LogP contribution in [0, 0.1) is 0 Å². The van der Waals surface area contributed by atoms with Gasteiger partial charge in [-0.05, 0) is 30.7 Å². The molecule has 0 aliphatic carbocycles. The topological polar surface area (TPSA) is 106 Å². The number of carbonyl (C=O) groups is 1. The Morgan fingerprint density at radius 2 is 2.21 bits per heavy atom. The Morgan fingerprint density at radius 1 is 1.31 bits per heavy atom. The first-order valence-corrected chi connectivity index (χ1v) is 9.31. The third kappa shape index (κ3) is 3.05. The molecule has 5 rings (SSSR count). The first kappa shape index (κ1) is 17.5. The number of aromatic amines is 1. The standard InChI is InChI=1S/C20H20N6O3/c1-11-9-29-10-12-5-13(7-14(6-12)28-2)24-17-15-3-4-21-18(15)26-19(25-17)16(8-22-26)20(27)23-11/h3-8,11,21H,9-10H2,1-2H3,(H,23,27)(H,24,25). The number of H-pyrrole nitrogens is 1. The molecule has 0 saturated heterocycles. The minimum Gasteiger partial charge on any atom is -0.497 e. The van der Waals surface area contributed by atoms with E-state index in [0.717, 1.165) is 28.0 Å². The van der Waals surface area contributed by atoms with Gasteiger partial charge in [0.25, 0.3) is 5.91 Å². The second-order valence-electron chi connectivity index (χ2n) is 7.08. The molecule has 3 N–H and O–H groups in total. The maximum Gasteiger partial charge on any atom is 0.257 e. The molecule has 148 valence electrons. The van der Waals surface area contributed by atoms with Crippen LogP contribution < -0.4 is 15.4 Å². The Balaban J connectivity index is 1.73. The van der Waals surface area contributed by atoms with Crippen LogP contribution in [0.3, 0.4) is 0 Å². The Labute approximate surface area is 166 Å². The third-order valence-electron chi connectivity index (χ3n) is 4.88. The molecule has 0 saturated carbocycles. The Kier molecular flexibility index (Phi) is 4.09. The number of aromatic nitrogens is 4. The molecule has 9 heteroatoms. The number of hydrogen-bond acceptors (Lipinski definition) is 6. The Morgan fingerprint density at radius 3 is 3.07 bits per heavy atom. The number of methoxy groups -OCH3 is 1. The zero-order chi connectivity index (χ0) is 20.0. The summed E-state index contributed by atoms with van der Waals surface area (Å²) in [6.07, 6.45) is 3.35. The van der Waals surface area contributed by atoms with Gasteiger partial charge in [0, 0.05) is 24.0 Å². The second-order valence-corrected chi connectivity index (χ2v) is 7.08. The fourth-order valence-electron chi connectivity index (χ4n) is 3.53. The number of anilines is 2. The molecule has 1 aliphatic rings. The predicted octanol–water partition coefficient (Wildman–Crippen LogP) is 2.61. The third-order valence-corrected chi connectivity index (χ3v) is 4.88. The van der Waals surface area contributed by atoms with Crippen LogP contribution in [-0.2, 0) is 11.3 Å². The van der Waals surface area contributed by atoms with E-state index in [2.05, 4.69) is 20.7 Å². The molecule has 3 aromatic heterocycles. The smallest absolute Gasteiger partial charge is 0.257 e. The Hall–Kier alpha value is -3.59. The van der Waals surface area contributed by atoms with E-state index in [0.29, 0.717) is 30.2 Å². The van der Waals surface area contributed by atoms with Crippen molar-refractivity contribution in [3.63, 3.8) is 0 Å². The van der Waals surface area contributed by atoms with Crippen molar-refractivity contribution in [2.45, 2.75) is 19.6 Å². The van der Waals surface area contributed by atoms with Crippen LogP contribution in [0.5, 0.6) is 5.75 Å². The zero-order valence-corrected chi connectivity index (χ0v) is 16.0. The zero-order valence-electron chi connectivity index (χ0n) is 16.0. The monoisotopic (exact) mass is 392 g/mol. The number of nitrogens with one attached hydrogen (secondary N) is 3. The normalized spacial score (nSPS) is 17.2. The van der Waals surface area contributed by atoms with Gasteiger partial charge in [0.15, 0.2) is 5.65 Å². The lowest BCUT2D eigenvalue weighted by atomic mass is 10.2. The molecule has 0 radical (unpaired) electrons. The van der Waals surface area contributed by atoms with E-state index in [9.17, 15) is 4.79 Å². The summed E-state index contributed by atoms with van der Waals surface area (Å²) in [6.45, 7) is 2.68. The maximum absolute atomic E-state index is 12.8. The average Bonchev–Trinajstić information content (AvgIpc) is 3.34. The minimum atomic E-state index is -0.238. The van der Waals surface area contributed by atoms with E-state index in [4.69, 9.17) is 14.5 Å². The molecular formula is C20H20N6O3. The van der Waals surface area contributed by atoms with E-state index < -0.39 is 0 Å². The van der Waals surface area contributed by atoms with Crippen molar-refractivity contribution in [3.8, 4) is 5.75 Å². The highest BCUT2D eigenvalue weighted by Gasteiger charge is 2.20. The van der Waals surface area contributed by atoms with E-state index >= 15 is 0 Å². The van der Waals surface area contributed by atoms with Crippen LogP contribution in [-0.4, -0.2) is 45.2 Å². The number of carbonyl (C=O) groups excluding carboxylic acids is 1. The summed E-state index contributed by atoms with van der Waals surface area (Å²) in [7, 11) is 1.63. The highest BCUT2D eigenvalue weighted by Crippen LogP contribution is 2.29. The Bertz CT molecular complexity index is 1230. The van der Waals surface area contributed by atoms with Crippen molar-refractivity contribution in [2.24, 2.45) is 0 Å². The molecule has 1 atom stereocenters. The molecule has 1 aromatic carbocycles. The van der Waals surface area contributed by atoms with Gasteiger partial charge in [-0.15, -0.1) is 0 Å². The molecule has 4 aromatic rings. The van der Waals surface area contributed by atoms with Crippen LogP contribution in [0.25, 0.3) is 16.7 Å². The number of rotatable bonds is 1. The maximum atomic E-state index is 12.8. The van der Waals surface area contributed by atoms with Crippen LogP contribution in [0.15, 0.2) is 36.7 Å². The number of hydrogen-bond donors (Lipinski definition) is 3. The van der Waals surface area contributed by atoms with Crippen molar-refractivity contribution in [1.29, 1.82) is 0 Å². The van der Waals surface area contributed by atoms with Gasteiger partial charge in [0.2, 0.25) is 0 Å². The van der Waals surface area contributed by atoms with Crippen molar-refractivity contribution in [1.82, 2.24) is 24.9 Å². The quantitative estimate of drug-likeness (QED) is 0.460. The molecule has 4 bridgehead atoms. The molecule has 1 amide bonds. The van der Waals surface area contributed by atoms with Crippen LogP contribution in [0.4, 0.5) is 11.5 Å². The number of nitrogens with zero attached hydrogens (tertiary/aromatic N) is 3. The van der Waals surface area contributed by atoms with E-state index in [1.54, 1.807) is 11.6 Å². The number of fused-ring (bicyclic) bond motifs is 6. The summed E-state index contributed by atoms with van der Waals surface area (Å²) < 4.78 is 12.9. The van der Waals surface area contributed by atoms with Gasteiger partial charge in [-0.2, -0.15) is 9.61 Å². The molecule has 0 spiro atoms. The highest BCUT2D eigenvalue weighted by atomic mass is 16.5. The summed E-state index contributed by atoms with van der Waals surface area (Å²) in [5, 5.41) is 11.5. The van der Waals surface area contributed by atoms with Crippen LogP contribution in [0.2, 0.25) is 0 Å². The summed E-state index contributed by atoms with van der Waals surface area (Å²) in [6, 6.07) is 7.57. The lowest BCUT2D eigenvalue weighted by Crippen LogP contribution is -2.35. The van der Waals surface area contributed by atoms with E-state index in [1.165, 1.54) is 6.20 Å². The van der Waals surface area contributed by atoms with Gasteiger partial charge in [-0.1, -0.05) is 0 Å². The number of benzene rings is 1. The SMILES string of the molecule is COc1cc2cc(c1)Nc1nc3c(cnn3c3[nH]ccc13)C(=O)NC(C)COC2. The molecule has 4 heterocycles. The number of amides is 1. The van der Waals surface area contributed by atoms with Gasteiger partial charge < -0.3 is 25.1 Å². The van der Waals surface area contributed by atoms with Crippen LogP contribution in [0.1, 0.15) is 22.8 Å². The summed E-state index contributed by atoms with van der Waals surface area (Å²) in [4.78, 5) is 20.7. The molecule has 0 fully saturated rings. The van der Waals surface area contributed by atoms with Gasteiger partial charge in [0.05, 0.1) is 31.9 Å². The van der Waals surface area contributed by atoms with Gasteiger partial charge >= 0.3 is 0 Å². The summed E-state index contributed by atoms with van der Waals surface area (Å²) >= 11 is 0. The van der Waals surface area contributed by atoms with E-state index in [1.807, 2.05) is 37.4 Å². The molecule has 9 nitrogen and oxygen atoms in total. The molecule has 1 unspecified atom stereocenters. The van der Waals surface area contributed by atoms with Crippen molar-refractivity contribution in [2.75, 3.05) is 19.0 Å². The molecule has 1 aliphatic heterocycles. The van der Waals surface area contributed by atoms with Crippen molar-refractivity contribution < 1.29 is 14.3 Å². The number of ether oxygens (including phenoxy) is 2.